The van der Waals surface area contributed by atoms with Crippen LogP contribution < -0.4 is 10.5 Å². The summed E-state index contributed by atoms with van der Waals surface area (Å²) in [4.78, 5) is 12.3. The number of hydrogen-bond donors (Lipinski definition) is 4. The van der Waals surface area contributed by atoms with E-state index in [4.69, 9.17) is 10.5 Å². The number of aromatic hydroxyl groups is 1. The molecule has 0 bridgehead atoms. The largest absolute Gasteiger partial charge is 0.504 e. The third kappa shape index (κ3) is 12.5. The number of ether oxygens (including phenoxy) is 1. The summed E-state index contributed by atoms with van der Waals surface area (Å²) in [6.07, 6.45) is 17.1. The SMILES string of the molecule is CCCCCCCCCCCCCCC[C@@H](O)[C@@H](N)C(O)C(=O)/C=C/c1ccc(O)c(OC)c1. The molecule has 6 nitrogen and oxygen atoms in total. The third-order valence-electron chi connectivity index (χ3n) is 6.35. The molecule has 0 aromatic heterocycles. The van der Waals surface area contributed by atoms with Crippen molar-refractivity contribution in [2.45, 2.75) is 115 Å². The van der Waals surface area contributed by atoms with Crippen LogP contribution in [0.3, 0.4) is 0 Å². The van der Waals surface area contributed by atoms with Crippen LogP contribution in [0.2, 0.25) is 0 Å². The van der Waals surface area contributed by atoms with Gasteiger partial charge in [0.2, 0.25) is 0 Å². The number of carbonyl (C=O) groups excluding carboxylic acids is 1. The summed E-state index contributed by atoms with van der Waals surface area (Å²) in [5.41, 5.74) is 6.57. The second-order valence-corrected chi connectivity index (χ2v) is 9.29. The maximum atomic E-state index is 12.3. The van der Waals surface area contributed by atoms with Gasteiger partial charge in [0.15, 0.2) is 17.3 Å². The van der Waals surface area contributed by atoms with E-state index in [1.807, 2.05) is 0 Å². The minimum Gasteiger partial charge on any atom is -0.504 e. The number of rotatable bonds is 20. The number of hydrogen-bond acceptors (Lipinski definition) is 6. The number of aliphatic hydroxyl groups excluding tert-OH is 2. The van der Waals surface area contributed by atoms with Gasteiger partial charge >= 0.3 is 0 Å². The molecular formula is C28H47NO5. The highest BCUT2D eigenvalue weighted by atomic mass is 16.5. The Kier molecular flexibility index (Phi) is 16.3. The van der Waals surface area contributed by atoms with Crippen LogP contribution in [-0.2, 0) is 4.79 Å². The van der Waals surface area contributed by atoms with Crippen LogP contribution in [0.1, 0.15) is 102 Å². The number of aliphatic hydroxyl groups is 2. The van der Waals surface area contributed by atoms with Gasteiger partial charge in [0.25, 0.3) is 0 Å². The molecule has 5 N–H and O–H groups in total. The molecule has 0 aliphatic carbocycles. The number of phenols is 1. The number of benzene rings is 1. The van der Waals surface area contributed by atoms with Crippen molar-refractivity contribution in [3.8, 4) is 11.5 Å². The molecule has 0 spiro atoms. The molecule has 0 amide bonds. The zero-order chi connectivity index (χ0) is 25.2. The zero-order valence-electron chi connectivity index (χ0n) is 21.3. The normalized spacial score (nSPS) is 14.3. The molecule has 0 saturated carbocycles. The molecule has 0 heterocycles. The van der Waals surface area contributed by atoms with E-state index < -0.39 is 24.0 Å². The maximum Gasteiger partial charge on any atom is 0.185 e. The van der Waals surface area contributed by atoms with Crippen molar-refractivity contribution in [3.05, 3.63) is 29.8 Å². The number of methoxy groups -OCH3 is 1. The lowest BCUT2D eigenvalue weighted by atomic mass is 9.96. The van der Waals surface area contributed by atoms with Crippen molar-refractivity contribution >= 4 is 11.9 Å². The highest BCUT2D eigenvalue weighted by Crippen LogP contribution is 2.26. The smallest absolute Gasteiger partial charge is 0.185 e. The minimum absolute atomic E-state index is 0.00400. The first kappa shape index (κ1) is 30.1. The summed E-state index contributed by atoms with van der Waals surface area (Å²) in [6, 6.07) is 3.64. The van der Waals surface area contributed by atoms with E-state index >= 15 is 0 Å². The lowest BCUT2D eigenvalue weighted by Gasteiger charge is -2.22. The van der Waals surface area contributed by atoms with Gasteiger partial charge in [-0.05, 0) is 30.2 Å². The Labute approximate surface area is 206 Å². The average Bonchev–Trinajstić information content (AvgIpc) is 2.84. The first-order chi connectivity index (χ1) is 16.4. The lowest BCUT2D eigenvalue weighted by molar-refractivity contribution is -0.124. The first-order valence-corrected chi connectivity index (χ1v) is 13.1. The van der Waals surface area contributed by atoms with Gasteiger partial charge < -0.3 is 25.8 Å². The molecule has 1 aromatic rings. The van der Waals surface area contributed by atoms with Gasteiger partial charge in [-0.25, -0.2) is 0 Å². The van der Waals surface area contributed by atoms with Crippen molar-refractivity contribution in [3.63, 3.8) is 0 Å². The van der Waals surface area contributed by atoms with Crippen molar-refractivity contribution in [1.29, 1.82) is 0 Å². The summed E-state index contributed by atoms with van der Waals surface area (Å²) in [7, 11) is 1.44. The van der Waals surface area contributed by atoms with Gasteiger partial charge in [-0.1, -0.05) is 103 Å². The van der Waals surface area contributed by atoms with Crippen molar-refractivity contribution in [2.24, 2.45) is 5.73 Å². The molecule has 3 atom stereocenters. The summed E-state index contributed by atoms with van der Waals surface area (Å²) >= 11 is 0. The highest BCUT2D eigenvalue weighted by Gasteiger charge is 2.27. The van der Waals surface area contributed by atoms with Gasteiger partial charge in [0.05, 0.1) is 19.3 Å². The van der Waals surface area contributed by atoms with Crippen LogP contribution in [-0.4, -0.2) is 46.5 Å². The van der Waals surface area contributed by atoms with Gasteiger partial charge in [0, 0.05) is 0 Å². The second-order valence-electron chi connectivity index (χ2n) is 9.29. The van der Waals surface area contributed by atoms with Crippen LogP contribution in [0.25, 0.3) is 6.08 Å². The van der Waals surface area contributed by atoms with Crippen LogP contribution in [0.4, 0.5) is 0 Å². The first-order valence-electron chi connectivity index (χ1n) is 13.1. The van der Waals surface area contributed by atoms with Crippen LogP contribution in [0.5, 0.6) is 11.5 Å². The fraction of sp³-hybridized carbons (Fsp3) is 0.679. The molecule has 6 heteroatoms. The van der Waals surface area contributed by atoms with E-state index in [9.17, 15) is 20.1 Å². The Morgan fingerprint density at radius 1 is 0.941 bits per heavy atom. The second kappa shape index (κ2) is 18.4. The molecule has 0 aliphatic rings. The predicted molar refractivity (Wildman–Crippen MR) is 139 cm³/mol. The molecule has 0 saturated heterocycles. The molecule has 194 valence electrons. The monoisotopic (exact) mass is 477 g/mol. The number of phenolic OH excluding ortho intramolecular Hbond substituents is 1. The van der Waals surface area contributed by atoms with E-state index in [0.29, 0.717) is 17.7 Å². The molecule has 1 rings (SSSR count). The fourth-order valence-corrected chi connectivity index (χ4v) is 4.04. The summed E-state index contributed by atoms with van der Waals surface area (Å²) in [5.74, 6) is -0.270. The number of ketones is 1. The van der Waals surface area contributed by atoms with Gasteiger partial charge in [-0.15, -0.1) is 0 Å². The average molecular weight is 478 g/mol. The highest BCUT2D eigenvalue weighted by molar-refractivity contribution is 5.97. The van der Waals surface area contributed by atoms with Crippen LogP contribution in [0.15, 0.2) is 24.3 Å². The molecule has 0 aliphatic heterocycles. The Morgan fingerprint density at radius 2 is 1.47 bits per heavy atom. The van der Waals surface area contributed by atoms with E-state index in [0.717, 1.165) is 19.3 Å². The Bertz CT molecular complexity index is 706. The summed E-state index contributed by atoms with van der Waals surface area (Å²) in [6.45, 7) is 2.25. The molecule has 1 unspecified atom stereocenters. The number of nitrogens with two attached hydrogens (primary N) is 1. The Morgan fingerprint density at radius 3 is 2.00 bits per heavy atom. The third-order valence-corrected chi connectivity index (χ3v) is 6.35. The predicted octanol–water partition coefficient (Wildman–Crippen LogP) is 5.51. The Hall–Kier alpha value is -1.89. The van der Waals surface area contributed by atoms with E-state index in [1.165, 1.54) is 89.5 Å². The van der Waals surface area contributed by atoms with Gasteiger partial charge in [-0.2, -0.15) is 0 Å². The standard InChI is InChI=1S/C28H47NO5/c1-3-4-5-6-7-8-9-10-11-12-13-14-15-16-24(31)27(29)28(33)25(32)20-18-22-17-19-23(30)26(21-22)34-2/h17-21,24,27-28,30-31,33H,3-16,29H2,1-2H3/b20-18+/t24-,27-,28?/m1/s1. The molecule has 1 aromatic carbocycles. The fourth-order valence-electron chi connectivity index (χ4n) is 4.04. The van der Waals surface area contributed by atoms with Gasteiger partial charge in [-0.3, -0.25) is 4.79 Å². The molecular weight excluding hydrogens is 430 g/mol. The van der Waals surface area contributed by atoms with Crippen LogP contribution in [0, 0.1) is 0 Å². The summed E-state index contributed by atoms with van der Waals surface area (Å²) in [5, 5.41) is 30.2. The maximum absolute atomic E-state index is 12.3. The van der Waals surface area contributed by atoms with E-state index in [-0.39, 0.29) is 5.75 Å². The molecule has 0 radical (unpaired) electrons. The number of carbonyl (C=O) groups is 1. The van der Waals surface area contributed by atoms with Crippen LogP contribution >= 0.6 is 0 Å². The lowest BCUT2D eigenvalue weighted by Crippen LogP contribution is -2.48. The molecule has 34 heavy (non-hydrogen) atoms. The van der Waals surface area contributed by atoms with E-state index in [1.54, 1.807) is 12.1 Å². The minimum atomic E-state index is -1.47. The Balaban J connectivity index is 2.18. The van der Waals surface area contributed by atoms with E-state index in [2.05, 4.69) is 6.92 Å². The van der Waals surface area contributed by atoms with Crippen molar-refractivity contribution < 1.29 is 24.9 Å². The van der Waals surface area contributed by atoms with Gasteiger partial charge in [0.1, 0.15) is 6.10 Å². The molecule has 0 fully saturated rings. The topological polar surface area (TPSA) is 113 Å². The quantitative estimate of drug-likeness (QED) is 0.145. The van der Waals surface area contributed by atoms with Crippen molar-refractivity contribution in [2.75, 3.05) is 7.11 Å². The zero-order valence-corrected chi connectivity index (χ0v) is 21.3. The summed E-state index contributed by atoms with van der Waals surface area (Å²) < 4.78 is 5.04. The van der Waals surface area contributed by atoms with Crippen molar-refractivity contribution in [1.82, 2.24) is 0 Å². The number of unbranched alkanes of at least 4 members (excludes halogenated alkanes) is 12.